The molecule has 1 aliphatic carbocycles. The second-order valence-electron chi connectivity index (χ2n) is 4.53. The molecule has 3 heteroatoms. The molecule has 0 heterocycles. The molecule has 0 aromatic rings. The van der Waals surface area contributed by atoms with Crippen LogP contribution in [0.15, 0.2) is 0 Å². The molecule has 15 heavy (non-hydrogen) atoms. The molecule has 0 saturated heterocycles. The van der Waals surface area contributed by atoms with Crippen LogP contribution in [0.2, 0.25) is 0 Å². The standard InChI is InChI=1S/C12H21FO2/c1-3-12(9-11(14)15-4-2)7-5-6-10(13)8-12/h10H,3-9H2,1-2H3/i13-1. The van der Waals surface area contributed by atoms with Crippen molar-refractivity contribution in [3.05, 3.63) is 0 Å². The fraction of sp³-hybridized carbons (Fsp3) is 0.917. The van der Waals surface area contributed by atoms with Crippen LogP contribution in [0, 0.1) is 5.41 Å². The van der Waals surface area contributed by atoms with Crippen molar-refractivity contribution >= 4 is 5.97 Å². The molecule has 2 unspecified atom stereocenters. The van der Waals surface area contributed by atoms with E-state index in [0.717, 1.165) is 19.3 Å². The van der Waals surface area contributed by atoms with Gasteiger partial charge in [0.1, 0.15) is 6.17 Å². The van der Waals surface area contributed by atoms with Gasteiger partial charge in [-0.05, 0) is 44.4 Å². The van der Waals surface area contributed by atoms with Crippen LogP contribution < -0.4 is 0 Å². The van der Waals surface area contributed by atoms with E-state index in [1.165, 1.54) is 0 Å². The number of esters is 1. The highest BCUT2D eigenvalue weighted by atomic mass is 18.2. The molecule has 1 aliphatic rings. The number of carbonyl (C=O) groups excluding carboxylic acids is 1. The van der Waals surface area contributed by atoms with E-state index in [4.69, 9.17) is 4.74 Å². The molecule has 1 saturated carbocycles. The number of hydrogen-bond acceptors (Lipinski definition) is 2. The summed E-state index contributed by atoms with van der Waals surface area (Å²) in [5.74, 6) is -0.173. The van der Waals surface area contributed by atoms with Gasteiger partial charge >= 0.3 is 5.97 Å². The van der Waals surface area contributed by atoms with Gasteiger partial charge in [-0.15, -0.1) is 0 Å². The van der Waals surface area contributed by atoms with Crippen LogP contribution in [0.4, 0.5) is 4.39 Å². The van der Waals surface area contributed by atoms with Gasteiger partial charge in [-0.1, -0.05) is 6.92 Å². The van der Waals surface area contributed by atoms with E-state index >= 15 is 0 Å². The number of halogens is 1. The molecule has 0 bridgehead atoms. The number of ether oxygens (including phenoxy) is 1. The molecule has 0 N–H and O–H groups in total. The lowest BCUT2D eigenvalue weighted by Gasteiger charge is -2.37. The minimum Gasteiger partial charge on any atom is -0.466 e. The first-order chi connectivity index (χ1) is 7.12. The maximum Gasteiger partial charge on any atom is 0.306 e. The summed E-state index contributed by atoms with van der Waals surface area (Å²) in [4.78, 5) is 11.4. The molecule has 0 aromatic heterocycles. The Bertz CT molecular complexity index is 218. The third-order valence-electron chi connectivity index (χ3n) is 3.45. The van der Waals surface area contributed by atoms with Crippen LogP contribution in [0.25, 0.3) is 0 Å². The Morgan fingerprint density at radius 1 is 1.53 bits per heavy atom. The van der Waals surface area contributed by atoms with Gasteiger partial charge in [0.15, 0.2) is 0 Å². The summed E-state index contributed by atoms with van der Waals surface area (Å²) >= 11 is 0. The average molecular weight is 215 g/mol. The van der Waals surface area contributed by atoms with E-state index in [0.29, 0.717) is 25.9 Å². The molecule has 1 rings (SSSR count). The summed E-state index contributed by atoms with van der Waals surface area (Å²) in [7, 11) is 0. The largest absolute Gasteiger partial charge is 0.466 e. The predicted molar refractivity (Wildman–Crippen MR) is 57.3 cm³/mol. The van der Waals surface area contributed by atoms with Crippen molar-refractivity contribution in [3.63, 3.8) is 0 Å². The lowest BCUT2D eigenvalue weighted by Crippen LogP contribution is -2.32. The van der Waals surface area contributed by atoms with E-state index in [-0.39, 0.29) is 11.4 Å². The van der Waals surface area contributed by atoms with Gasteiger partial charge in [0, 0.05) is 0 Å². The van der Waals surface area contributed by atoms with Crippen molar-refractivity contribution in [1.82, 2.24) is 0 Å². The number of hydrogen-bond donors (Lipinski definition) is 0. The molecule has 2 nitrogen and oxygen atoms in total. The zero-order valence-electron chi connectivity index (χ0n) is 9.72. The first kappa shape index (κ1) is 12.5. The zero-order valence-corrected chi connectivity index (χ0v) is 9.72. The van der Waals surface area contributed by atoms with Gasteiger partial charge in [-0.25, -0.2) is 4.39 Å². The first-order valence-corrected chi connectivity index (χ1v) is 5.91. The monoisotopic (exact) mass is 215 g/mol. The molecule has 88 valence electrons. The smallest absolute Gasteiger partial charge is 0.306 e. The van der Waals surface area contributed by atoms with Crippen molar-refractivity contribution in [2.45, 2.75) is 58.5 Å². The Kier molecular flexibility index (Phi) is 4.55. The summed E-state index contributed by atoms with van der Waals surface area (Å²) in [6, 6.07) is 0. The quantitative estimate of drug-likeness (QED) is 0.673. The summed E-state index contributed by atoms with van der Waals surface area (Å²) in [6.45, 7) is 4.25. The fourth-order valence-corrected chi connectivity index (χ4v) is 2.50. The molecule has 0 spiro atoms. The van der Waals surface area contributed by atoms with Crippen molar-refractivity contribution in [2.75, 3.05) is 6.61 Å². The van der Waals surface area contributed by atoms with Gasteiger partial charge in [-0.3, -0.25) is 4.79 Å². The van der Waals surface area contributed by atoms with Crippen LogP contribution in [0.1, 0.15) is 52.4 Å². The van der Waals surface area contributed by atoms with Gasteiger partial charge < -0.3 is 4.74 Å². The Balaban J connectivity index is 2.55. The minimum atomic E-state index is -0.729. The Labute approximate surface area is 91.2 Å². The lowest BCUT2D eigenvalue weighted by molar-refractivity contribution is -0.147. The van der Waals surface area contributed by atoms with E-state index < -0.39 is 6.17 Å². The molecule has 0 aliphatic heterocycles. The van der Waals surface area contributed by atoms with E-state index in [9.17, 15) is 9.18 Å². The second-order valence-corrected chi connectivity index (χ2v) is 4.53. The van der Waals surface area contributed by atoms with E-state index in [2.05, 4.69) is 0 Å². The zero-order chi connectivity index (χ0) is 11.3. The number of carbonyl (C=O) groups is 1. The van der Waals surface area contributed by atoms with Crippen LogP contribution in [-0.2, 0) is 9.53 Å². The fourth-order valence-electron chi connectivity index (χ4n) is 2.50. The maximum absolute atomic E-state index is 13.3. The first-order valence-electron chi connectivity index (χ1n) is 5.91. The van der Waals surface area contributed by atoms with Crippen molar-refractivity contribution in [3.8, 4) is 0 Å². The van der Waals surface area contributed by atoms with Gasteiger partial charge in [-0.2, -0.15) is 0 Å². The van der Waals surface area contributed by atoms with E-state index in [1.807, 2.05) is 6.92 Å². The van der Waals surface area contributed by atoms with Crippen molar-refractivity contribution in [2.24, 2.45) is 5.41 Å². The van der Waals surface area contributed by atoms with Gasteiger partial charge in [0.25, 0.3) is 0 Å². The maximum atomic E-state index is 13.3. The van der Waals surface area contributed by atoms with Crippen LogP contribution >= 0.6 is 0 Å². The molecule has 0 radical (unpaired) electrons. The molecular formula is C12H21FO2. The average Bonchev–Trinajstić information content (AvgIpc) is 2.18. The van der Waals surface area contributed by atoms with E-state index in [1.54, 1.807) is 6.92 Å². The van der Waals surface area contributed by atoms with Crippen LogP contribution in [0.3, 0.4) is 0 Å². The van der Waals surface area contributed by atoms with Gasteiger partial charge in [0.2, 0.25) is 0 Å². The number of rotatable bonds is 4. The highest BCUT2D eigenvalue weighted by molar-refractivity contribution is 5.70. The second kappa shape index (κ2) is 5.47. The molecular weight excluding hydrogens is 194 g/mol. The summed E-state index contributed by atoms with van der Waals surface area (Å²) in [5.41, 5.74) is -0.135. The topological polar surface area (TPSA) is 26.3 Å². The molecule has 0 amide bonds. The summed E-state index contributed by atoms with van der Waals surface area (Å²) < 4.78 is 18.3. The highest BCUT2D eigenvalue weighted by Crippen LogP contribution is 2.43. The third kappa shape index (κ3) is 3.47. The van der Waals surface area contributed by atoms with Crippen LogP contribution in [-0.4, -0.2) is 18.7 Å². The highest BCUT2D eigenvalue weighted by Gasteiger charge is 2.37. The lowest BCUT2D eigenvalue weighted by atomic mass is 9.69. The molecule has 0 aromatic carbocycles. The molecule has 2 atom stereocenters. The normalized spacial score (nSPS) is 31.3. The van der Waals surface area contributed by atoms with Crippen molar-refractivity contribution < 1.29 is 13.9 Å². The summed E-state index contributed by atoms with van der Waals surface area (Å²) in [5, 5.41) is 0. The SMILES string of the molecule is CCOC(=O)CC1(CC)CCCC([18F])C1. The minimum absolute atomic E-state index is 0.135. The molecule has 1 fully saturated rings. The van der Waals surface area contributed by atoms with Gasteiger partial charge in [0.05, 0.1) is 13.0 Å². The third-order valence-corrected chi connectivity index (χ3v) is 3.45. The van der Waals surface area contributed by atoms with Crippen LogP contribution in [0.5, 0.6) is 0 Å². The number of alkyl halides is 1. The Hall–Kier alpha value is -0.600. The Morgan fingerprint density at radius 3 is 2.80 bits per heavy atom. The Morgan fingerprint density at radius 2 is 2.27 bits per heavy atom. The predicted octanol–water partition coefficient (Wildman–Crippen LogP) is 3.25. The van der Waals surface area contributed by atoms with Crippen molar-refractivity contribution in [1.29, 1.82) is 0 Å². The summed E-state index contributed by atoms with van der Waals surface area (Å²) in [6.07, 6.45) is 3.57.